The summed E-state index contributed by atoms with van der Waals surface area (Å²) < 4.78 is 56.3. The predicted octanol–water partition coefficient (Wildman–Crippen LogP) is 10.7. The maximum atomic E-state index is 14.1. The zero-order valence-electron chi connectivity index (χ0n) is 30.2. The lowest BCUT2D eigenvalue weighted by molar-refractivity contribution is 0.594. The van der Waals surface area contributed by atoms with Crippen LogP contribution in [-0.2, 0) is 50.1 Å². The van der Waals surface area contributed by atoms with Gasteiger partial charge in [0.25, 0.3) is 0 Å². The number of hydrogen-bond donors (Lipinski definition) is 0. The molecule has 0 saturated carbocycles. The fraction of sp³-hybridized carbons (Fsp3) is 0.0204. The van der Waals surface area contributed by atoms with Crippen molar-refractivity contribution in [1.82, 2.24) is 0 Å². The van der Waals surface area contributed by atoms with E-state index >= 15 is 0 Å². The topological polar surface area (TPSA) is 92.2 Å². The zero-order valence-corrected chi connectivity index (χ0v) is 33.5. The second kappa shape index (κ2) is 14.7. The Labute approximate surface area is 344 Å². The summed E-state index contributed by atoms with van der Waals surface area (Å²) in [5, 5.41) is 0. The van der Waals surface area contributed by atoms with Crippen molar-refractivity contribution in [2.75, 3.05) is 0 Å². The van der Waals surface area contributed by atoms with Crippen molar-refractivity contribution in [3.63, 3.8) is 0 Å². The summed E-state index contributed by atoms with van der Waals surface area (Å²) in [6.45, 7) is 0. The lowest BCUT2D eigenvalue weighted by Crippen LogP contribution is -2.26. The number of benzene rings is 8. The van der Waals surface area contributed by atoms with Crippen LogP contribution >= 0.6 is 0 Å². The molecule has 0 fully saturated rings. The maximum Gasteiger partial charge on any atom is 0.159 e. The van der Waals surface area contributed by atoms with Crippen LogP contribution in [0.25, 0.3) is 22.3 Å². The average molecular weight is 813 g/mol. The fourth-order valence-electron chi connectivity index (χ4n) is 8.35. The van der Waals surface area contributed by atoms with Crippen molar-refractivity contribution in [2.45, 2.75) is 44.6 Å². The molecule has 8 aromatic rings. The van der Waals surface area contributed by atoms with E-state index in [0.29, 0.717) is 39.2 Å². The Balaban J connectivity index is 1.22. The molecule has 8 heteroatoms. The second-order valence-electron chi connectivity index (χ2n) is 13.9. The number of hydrogen-bond acceptors (Lipinski definition) is 4. The SMILES string of the molecule is [O-][S+](c1ccccc1)c1ccc2c(c1)-c1cc([S+]([O-])c3ccccc3)ccc1C21c2ccc([S+]([O-])c3ccccc3)cc2-c2cc([S+]([O-])c3ccccc3)ccc21. The van der Waals surface area contributed by atoms with Crippen molar-refractivity contribution < 1.29 is 18.2 Å². The van der Waals surface area contributed by atoms with E-state index in [4.69, 9.17) is 0 Å². The van der Waals surface area contributed by atoms with E-state index in [9.17, 15) is 18.2 Å². The molecule has 4 unspecified atom stereocenters. The third kappa shape index (κ3) is 5.99. The van der Waals surface area contributed by atoms with Gasteiger partial charge in [0.1, 0.15) is 0 Å². The Morgan fingerprint density at radius 1 is 0.246 bits per heavy atom. The van der Waals surface area contributed by atoms with E-state index in [1.54, 1.807) is 0 Å². The van der Waals surface area contributed by atoms with Crippen LogP contribution in [0.3, 0.4) is 0 Å². The third-order valence-electron chi connectivity index (χ3n) is 10.8. The summed E-state index contributed by atoms with van der Waals surface area (Å²) in [7, 11) is 0. The first-order chi connectivity index (χ1) is 27.9. The molecule has 0 heterocycles. The minimum absolute atomic E-state index is 0.665. The number of rotatable bonds is 8. The molecule has 0 radical (unpaired) electrons. The van der Waals surface area contributed by atoms with Crippen LogP contribution in [0.1, 0.15) is 22.3 Å². The molecule has 276 valence electrons. The fourth-order valence-corrected chi connectivity index (χ4v) is 12.7. The highest BCUT2D eigenvalue weighted by molar-refractivity contribution is 7.92. The van der Waals surface area contributed by atoms with Crippen LogP contribution in [0.4, 0.5) is 0 Å². The molecule has 4 atom stereocenters. The largest absolute Gasteiger partial charge is 0.606 e. The van der Waals surface area contributed by atoms with E-state index in [0.717, 1.165) is 44.5 Å². The standard InChI is InChI=1S/C49H32O4S4/c50-54(33-13-5-1-6-14-33)37-21-25-45-41(29-37)42-30-38(55(51)34-15-7-2-8-16-34)22-26-46(42)49(45)47-27-23-39(56(52)35-17-9-3-10-18-35)31-43(47)44-32-40(24-28-48(44)49)57(53)36-19-11-4-12-20-36/h1-32H. The Hall–Kier alpha value is -5.00. The van der Waals surface area contributed by atoms with Gasteiger partial charge in [-0.1, -0.05) is 97.1 Å². The first kappa shape index (κ1) is 36.3. The lowest BCUT2D eigenvalue weighted by atomic mass is 9.70. The Morgan fingerprint density at radius 3 is 0.667 bits per heavy atom. The van der Waals surface area contributed by atoms with E-state index in [2.05, 4.69) is 24.3 Å². The van der Waals surface area contributed by atoms with Crippen molar-refractivity contribution in [3.8, 4) is 22.3 Å². The highest BCUT2D eigenvalue weighted by Crippen LogP contribution is 2.64. The van der Waals surface area contributed by atoms with E-state index in [1.165, 1.54) is 0 Å². The minimum Gasteiger partial charge on any atom is -0.606 e. The highest BCUT2D eigenvalue weighted by Gasteiger charge is 2.53. The van der Waals surface area contributed by atoms with Gasteiger partial charge in [-0.25, -0.2) is 0 Å². The van der Waals surface area contributed by atoms with Gasteiger partial charge in [-0.3, -0.25) is 0 Å². The smallest absolute Gasteiger partial charge is 0.159 e. The van der Waals surface area contributed by atoms with Crippen molar-refractivity contribution in [3.05, 3.63) is 216 Å². The molecule has 0 N–H and O–H groups in total. The molecule has 1 spiro atoms. The van der Waals surface area contributed by atoms with E-state index < -0.39 is 50.1 Å². The van der Waals surface area contributed by atoms with Crippen LogP contribution in [0, 0.1) is 0 Å². The summed E-state index contributed by atoms with van der Waals surface area (Å²) in [5.74, 6) is 0. The molecule has 57 heavy (non-hydrogen) atoms. The van der Waals surface area contributed by atoms with Gasteiger partial charge in [-0.05, 0) is 117 Å². The first-order valence-corrected chi connectivity index (χ1v) is 23.0. The average Bonchev–Trinajstić information content (AvgIpc) is 3.74. The maximum absolute atomic E-state index is 14.1. The minimum atomic E-state index is -1.44. The van der Waals surface area contributed by atoms with Crippen molar-refractivity contribution in [2.24, 2.45) is 0 Å². The van der Waals surface area contributed by atoms with Crippen LogP contribution in [0.2, 0.25) is 0 Å². The van der Waals surface area contributed by atoms with Gasteiger partial charge < -0.3 is 18.2 Å². The highest BCUT2D eigenvalue weighted by atomic mass is 32.2. The van der Waals surface area contributed by atoms with Gasteiger partial charge in [0, 0.05) is 69.0 Å². The molecule has 8 aromatic carbocycles. The molecule has 0 aliphatic heterocycles. The monoisotopic (exact) mass is 812 g/mol. The molecule has 0 saturated heterocycles. The molecule has 2 aliphatic carbocycles. The van der Waals surface area contributed by atoms with Crippen LogP contribution in [-0.4, -0.2) is 18.2 Å². The lowest BCUT2D eigenvalue weighted by Gasteiger charge is -2.30. The molecule has 0 aromatic heterocycles. The summed E-state index contributed by atoms with van der Waals surface area (Å²) in [5.41, 5.74) is 6.82. The normalized spacial score (nSPS) is 16.9. The zero-order chi connectivity index (χ0) is 38.7. The van der Waals surface area contributed by atoms with E-state index in [-0.39, 0.29) is 0 Å². The Kier molecular flexibility index (Phi) is 9.40. The molecule has 0 amide bonds. The first-order valence-electron chi connectivity index (χ1n) is 18.4. The summed E-state index contributed by atoms with van der Waals surface area (Å²) in [6.07, 6.45) is 0. The number of fused-ring (bicyclic) bond motifs is 10. The summed E-state index contributed by atoms with van der Waals surface area (Å²) in [6, 6.07) is 62.0. The van der Waals surface area contributed by atoms with Gasteiger partial charge in [0.15, 0.2) is 39.2 Å². The molecule has 10 rings (SSSR count). The molecular formula is C49H32O4S4. The molecule has 4 nitrogen and oxygen atoms in total. The Morgan fingerprint density at radius 2 is 0.456 bits per heavy atom. The molecular weight excluding hydrogens is 781 g/mol. The Bertz CT molecular complexity index is 2380. The van der Waals surface area contributed by atoms with Gasteiger partial charge in [0.05, 0.1) is 5.41 Å². The third-order valence-corrected chi connectivity index (χ3v) is 16.4. The van der Waals surface area contributed by atoms with E-state index in [1.807, 2.05) is 170 Å². The quantitative estimate of drug-likeness (QED) is 0.143. The van der Waals surface area contributed by atoms with Crippen molar-refractivity contribution in [1.29, 1.82) is 0 Å². The van der Waals surface area contributed by atoms with Crippen molar-refractivity contribution >= 4 is 44.7 Å². The second-order valence-corrected chi connectivity index (χ2v) is 19.8. The van der Waals surface area contributed by atoms with Crippen LogP contribution in [0.5, 0.6) is 0 Å². The molecule has 2 aliphatic rings. The van der Waals surface area contributed by atoms with Gasteiger partial charge in [0.2, 0.25) is 0 Å². The van der Waals surface area contributed by atoms with Gasteiger partial charge in [-0.2, -0.15) is 0 Å². The van der Waals surface area contributed by atoms with Crippen LogP contribution < -0.4 is 0 Å². The van der Waals surface area contributed by atoms with Gasteiger partial charge in [-0.15, -0.1) is 0 Å². The van der Waals surface area contributed by atoms with Gasteiger partial charge >= 0.3 is 0 Å². The summed E-state index contributed by atoms with van der Waals surface area (Å²) in [4.78, 5) is 5.49. The van der Waals surface area contributed by atoms with Crippen LogP contribution in [0.15, 0.2) is 233 Å². The molecule has 0 bridgehead atoms. The predicted molar refractivity (Wildman–Crippen MR) is 227 cm³/mol. The summed E-state index contributed by atoms with van der Waals surface area (Å²) >= 11 is -5.78.